The van der Waals surface area contributed by atoms with Crippen molar-refractivity contribution in [2.24, 2.45) is 0 Å². The molecule has 0 atom stereocenters. The van der Waals surface area contributed by atoms with Crippen molar-refractivity contribution >= 4 is 81.2 Å². The van der Waals surface area contributed by atoms with Gasteiger partial charge in [0.2, 0.25) is 0 Å². The lowest BCUT2D eigenvalue weighted by Gasteiger charge is -2.11. The van der Waals surface area contributed by atoms with Crippen LogP contribution in [0.2, 0.25) is 15.5 Å². The van der Waals surface area contributed by atoms with Crippen LogP contribution in [0.4, 0.5) is 61.0 Å². The van der Waals surface area contributed by atoms with E-state index in [0.29, 0.717) is 44.8 Å². The Morgan fingerprint density at radius 3 is 1.04 bits per heavy atom. The normalized spacial score (nSPS) is 11.2. The minimum absolute atomic E-state index is 0.0533. The fraction of sp³-hybridized carbons (Fsp3) is 0.0556. The van der Waals surface area contributed by atoms with E-state index in [2.05, 4.69) is 71.7 Å². The molecular formula is C54H31Cl4F10N9O6. The number of aromatic nitrogens is 6. The van der Waals surface area contributed by atoms with Gasteiger partial charge < -0.3 is 30.2 Å². The molecule has 3 aromatic carbocycles. The summed E-state index contributed by atoms with van der Waals surface area (Å²) < 4.78 is 137. The number of nitrogens with one attached hydrogen (secondary N) is 3. The third kappa shape index (κ3) is 19.0. The Morgan fingerprint density at radius 2 is 0.735 bits per heavy atom. The number of carbonyl (C=O) groups excluding carboxylic acids is 3. The fourth-order valence-electron chi connectivity index (χ4n) is 6.79. The molecule has 0 radical (unpaired) electrons. The SMILES string of the molecule is O=C(Nc1ccc(OC(F)(F)Cl)cc1)c1cnc(Cl)c(-c2cncc(F)c2)c1.O=C(Nc1ccc(OC(F)(F)F)cc1)c1cnc(Cl)c(-c2cccnc2)c1.O=C(Nc1ccc(OC(F)(F)F)cc1)c1cnc(Cl)c(-c2cncc(F)c2)c1. The number of anilines is 3. The number of nitrogens with zero attached hydrogens (tertiary/aromatic N) is 6. The van der Waals surface area contributed by atoms with E-state index in [-0.39, 0.29) is 49.3 Å². The zero-order valence-electron chi connectivity index (χ0n) is 41.1. The molecule has 426 valence electrons. The average molecular weight is 1230 g/mol. The molecule has 0 saturated carbocycles. The summed E-state index contributed by atoms with van der Waals surface area (Å²) in [7, 11) is 0. The summed E-state index contributed by atoms with van der Waals surface area (Å²) in [5.41, 5.74) is 0.0623. The summed E-state index contributed by atoms with van der Waals surface area (Å²) in [4.78, 5) is 60.5. The van der Waals surface area contributed by atoms with Crippen molar-refractivity contribution in [2.45, 2.75) is 18.3 Å². The molecule has 3 N–H and O–H groups in total. The summed E-state index contributed by atoms with van der Waals surface area (Å²) in [5, 5.41) is 8.00. The van der Waals surface area contributed by atoms with Crippen molar-refractivity contribution in [3.8, 4) is 50.6 Å². The van der Waals surface area contributed by atoms with E-state index in [1.54, 1.807) is 30.6 Å². The highest BCUT2D eigenvalue weighted by molar-refractivity contribution is 6.33. The van der Waals surface area contributed by atoms with E-state index >= 15 is 0 Å². The van der Waals surface area contributed by atoms with Gasteiger partial charge in [-0.25, -0.2) is 23.7 Å². The van der Waals surface area contributed by atoms with E-state index in [1.807, 2.05) is 0 Å². The topological polar surface area (TPSA) is 192 Å². The quantitative estimate of drug-likeness (QED) is 0.0563. The van der Waals surface area contributed by atoms with Crippen molar-refractivity contribution in [3.63, 3.8) is 0 Å². The van der Waals surface area contributed by atoms with E-state index in [9.17, 15) is 58.3 Å². The molecule has 0 aliphatic heterocycles. The molecule has 0 saturated heterocycles. The van der Waals surface area contributed by atoms with Crippen molar-refractivity contribution in [1.29, 1.82) is 0 Å². The molecule has 29 heteroatoms. The van der Waals surface area contributed by atoms with E-state index in [4.69, 9.17) is 34.8 Å². The molecule has 83 heavy (non-hydrogen) atoms. The highest BCUT2D eigenvalue weighted by atomic mass is 35.5. The number of benzene rings is 3. The first-order valence-corrected chi connectivity index (χ1v) is 24.4. The molecule has 0 bridgehead atoms. The molecule has 0 aliphatic rings. The summed E-state index contributed by atoms with van der Waals surface area (Å²) in [6, 6.07) is 24.9. The third-order valence-electron chi connectivity index (χ3n) is 10.3. The highest BCUT2D eigenvalue weighted by Gasteiger charge is 2.32. The number of pyridine rings is 6. The molecule has 6 heterocycles. The van der Waals surface area contributed by atoms with Gasteiger partial charge in [-0.1, -0.05) is 40.9 Å². The van der Waals surface area contributed by atoms with Gasteiger partial charge in [-0.2, -0.15) is 0 Å². The van der Waals surface area contributed by atoms with Gasteiger partial charge in [0.05, 0.1) is 29.1 Å². The van der Waals surface area contributed by atoms with Crippen LogP contribution < -0.4 is 30.2 Å². The summed E-state index contributed by atoms with van der Waals surface area (Å²) in [6.07, 6.45) is 2.20. The maximum absolute atomic E-state index is 13.4. The summed E-state index contributed by atoms with van der Waals surface area (Å²) in [6.45, 7) is 0. The number of hydrogen-bond acceptors (Lipinski definition) is 12. The number of halogens is 14. The highest BCUT2D eigenvalue weighted by Crippen LogP contribution is 2.32. The fourth-order valence-corrected chi connectivity index (χ4v) is 7.52. The molecular weight excluding hydrogens is 1200 g/mol. The maximum atomic E-state index is 13.4. The van der Waals surface area contributed by atoms with Gasteiger partial charge in [0.1, 0.15) is 44.3 Å². The molecule has 0 spiro atoms. The first kappa shape index (κ1) is 61.4. The van der Waals surface area contributed by atoms with Crippen LogP contribution in [0.15, 0.2) is 171 Å². The van der Waals surface area contributed by atoms with Gasteiger partial charge in [-0.3, -0.25) is 29.3 Å². The number of ether oxygens (including phenoxy) is 3. The van der Waals surface area contributed by atoms with Gasteiger partial charge in [-0.05, 0) is 109 Å². The molecule has 9 aromatic rings. The van der Waals surface area contributed by atoms with Gasteiger partial charge in [-0.15, -0.1) is 35.1 Å². The second-order valence-corrected chi connectivity index (χ2v) is 17.8. The lowest BCUT2D eigenvalue weighted by atomic mass is 10.1. The van der Waals surface area contributed by atoms with Gasteiger partial charge in [0.15, 0.2) is 0 Å². The minimum Gasteiger partial charge on any atom is -0.420 e. The van der Waals surface area contributed by atoms with Crippen LogP contribution in [0.1, 0.15) is 31.1 Å². The van der Waals surface area contributed by atoms with Crippen LogP contribution in [-0.2, 0) is 0 Å². The standard InChI is InChI=1S/C18H10Cl2F3N3O2.C18H10ClF4N3O2.C18H11ClF3N3O2/c19-16-15(10-5-12(21)9-24-7-10)6-11(8-25-16)17(27)26-13-1-3-14(4-2-13)28-18(20,22)23;19-16-15(10-5-12(20)9-24-7-10)6-11(8-25-16)17(27)26-13-1-3-14(4-2-13)28-18(21,22)23;19-16-15(11-2-1-7-23-9-11)8-12(10-24-16)17(26)25-13-3-5-14(6-4-13)27-18(20,21)22/h2*1-9H,(H,26,27);1-10H,(H,25,26). The van der Waals surface area contributed by atoms with Crippen LogP contribution in [-0.4, -0.2) is 65.9 Å². The third-order valence-corrected chi connectivity index (χ3v) is 11.3. The van der Waals surface area contributed by atoms with Crippen LogP contribution in [0.3, 0.4) is 0 Å². The Morgan fingerprint density at radius 1 is 0.410 bits per heavy atom. The van der Waals surface area contributed by atoms with Crippen LogP contribution >= 0.6 is 46.4 Å². The van der Waals surface area contributed by atoms with Crippen LogP contribution in [0.25, 0.3) is 33.4 Å². The first-order chi connectivity index (χ1) is 39.2. The monoisotopic (exact) mass is 1230 g/mol. The average Bonchev–Trinajstić information content (AvgIpc) is 3.64. The second kappa shape index (κ2) is 27.1. The minimum atomic E-state index is -4.80. The number of rotatable bonds is 13. The van der Waals surface area contributed by atoms with E-state index in [0.717, 1.165) is 36.7 Å². The zero-order valence-corrected chi connectivity index (χ0v) is 44.1. The molecule has 9 rings (SSSR count). The largest absolute Gasteiger partial charge is 0.573 e. The van der Waals surface area contributed by atoms with E-state index < -0.39 is 53.4 Å². The zero-order chi connectivity index (χ0) is 60.1. The lowest BCUT2D eigenvalue weighted by molar-refractivity contribution is -0.275. The second-order valence-electron chi connectivity index (χ2n) is 16.3. The van der Waals surface area contributed by atoms with Crippen LogP contribution in [0.5, 0.6) is 17.2 Å². The molecule has 6 aromatic heterocycles. The number of alkyl halides is 9. The molecule has 0 unspecified atom stereocenters. The molecule has 0 aliphatic carbocycles. The first-order valence-electron chi connectivity index (χ1n) is 22.8. The van der Waals surface area contributed by atoms with Crippen molar-refractivity contribution < 1.29 is 72.5 Å². The molecule has 3 amide bonds. The lowest BCUT2D eigenvalue weighted by Crippen LogP contribution is -2.17. The van der Waals surface area contributed by atoms with Crippen molar-refractivity contribution in [1.82, 2.24) is 29.9 Å². The van der Waals surface area contributed by atoms with Gasteiger partial charge in [0, 0.05) is 105 Å². The van der Waals surface area contributed by atoms with Crippen molar-refractivity contribution in [3.05, 3.63) is 215 Å². The molecule has 0 fully saturated rings. The van der Waals surface area contributed by atoms with Crippen molar-refractivity contribution in [2.75, 3.05) is 16.0 Å². The number of amides is 3. The summed E-state index contributed by atoms with van der Waals surface area (Å²) >= 11 is 22.8. The Labute approximate surface area is 481 Å². The summed E-state index contributed by atoms with van der Waals surface area (Å²) in [5.74, 6) is -3.73. The van der Waals surface area contributed by atoms with Gasteiger partial charge in [0.25, 0.3) is 17.7 Å². The van der Waals surface area contributed by atoms with Crippen LogP contribution in [0, 0.1) is 11.6 Å². The Kier molecular flexibility index (Phi) is 20.0. The molecule has 15 nitrogen and oxygen atoms in total. The number of carbonyl (C=O) groups is 3. The smallest absolute Gasteiger partial charge is 0.420 e. The Hall–Kier alpha value is -9.17. The number of hydrogen-bond donors (Lipinski definition) is 3. The van der Waals surface area contributed by atoms with Gasteiger partial charge >= 0.3 is 18.3 Å². The predicted molar refractivity (Wildman–Crippen MR) is 285 cm³/mol. The predicted octanol–water partition coefficient (Wildman–Crippen LogP) is 15.4. The Balaban J connectivity index is 0.000000179. The van der Waals surface area contributed by atoms with E-state index in [1.165, 1.54) is 104 Å². The Bertz CT molecular complexity index is 3580. The maximum Gasteiger partial charge on any atom is 0.573 e.